The molecule has 0 saturated carbocycles. The molecule has 0 heterocycles. The summed E-state index contributed by atoms with van der Waals surface area (Å²) in [5, 5.41) is 9.15. The average Bonchev–Trinajstić information content (AvgIpc) is 2.04. The van der Waals surface area contributed by atoms with Gasteiger partial charge < -0.3 is 15.6 Å². The van der Waals surface area contributed by atoms with E-state index in [-0.39, 0.29) is 6.42 Å². The first kappa shape index (κ1) is 9.54. The molecule has 1 aromatic rings. The standard InChI is InChI=1S/C9H11NO3/c10-9(12)13-8(11)6-7-4-2-1-3-5-7/h1-5,8,11H,6H2,(H2,10,12)/t8-/m1/s1. The van der Waals surface area contributed by atoms with Gasteiger partial charge in [0.15, 0.2) is 0 Å². The smallest absolute Gasteiger partial charge is 0.406 e. The van der Waals surface area contributed by atoms with Crippen molar-refractivity contribution < 1.29 is 14.6 Å². The van der Waals surface area contributed by atoms with Crippen LogP contribution in [0.5, 0.6) is 0 Å². The highest BCUT2D eigenvalue weighted by Gasteiger charge is 2.07. The molecule has 1 amide bonds. The van der Waals surface area contributed by atoms with Crippen LogP contribution >= 0.6 is 0 Å². The number of hydrogen-bond acceptors (Lipinski definition) is 3. The number of hydrogen-bond donors (Lipinski definition) is 2. The second-order valence-electron chi connectivity index (χ2n) is 2.58. The second-order valence-corrected chi connectivity index (χ2v) is 2.58. The van der Waals surface area contributed by atoms with E-state index in [9.17, 15) is 4.79 Å². The maximum Gasteiger partial charge on any atom is 0.406 e. The van der Waals surface area contributed by atoms with E-state index in [0.717, 1.165) is 5.56 Å². The van der Waals surface area contributed by atoms with Gasteiger partial charge in [-0.3, -0.25) is 0 Å². The largest absolute Gasteiger partial charge is 0.420 e. The number of aliphatic hydroxyl groups excluding tert-OH is 1. The van der Waals surface area contributed by atoms with Crippen LogP contribution in [0.3, 0.4) is 0 Å². The quantitative estimate of drug-likeness (QED) is 0.672. The molecule has 0 unspecified atom stereocenters. The van der Waals surface area contributed by atoms with E-state index < -0.39 is 12.4 Å². The van der Waals surface area contributed by atoms with Crippen molar-refractivity contribution in [1.82, 2.24) is 0 Å². The summed E-state index contributed by atoms with van der Waals surface area (Å²) in [5.41, 5.74) is 5.61. The zero-order valence-corrected chi connectivity index (χ0v) is 7.01. The van der Waals surface area contributed by atoms with Crippen LogP contribution in [0.1, 0.15) is 5.56 Å². The van der Waals surface area contributed by atoms with Gasteiger partial charge in [0.1, 0.15) is 0 Å². The number of nitrogens with two attached hydrogens (primary N) is 1. The maximum atomic E-state index is 10.2. The molecule has 0 fully saturated rings. The number of ether oxygens (including phenoxy) is 1. The lowest BCUT2D eigenvalue weighted by Gasteiger charge is -2.09. The molecule has 0 bridgehead atoms. The summed E-state index contributed by atoms with van der Waals surface area (Å²) in [7, 11) is 0. The molecule has 0 aliphatic heterocycles. The Bertz CT molecular complexity index is 273. The zero-order chi connectivity index (χ0) is 9.68. The van der Waals surface area contributed by atoms with Gasteiger partial charge >= 0.3 is 6.09 Å². The van der Waals surface area contributed by atoms with E-state index in [1.165, 1.54) is 0 Å². The fourth-order valence-electron chi connectivity index (χ4n) is 0.991. The Kier molecular flexibility index (Phi) is 3.28. The molecule has 1 rings (SSSR count). The first-order valence-electron chi connectivity index (χ1n) is 3.86. The summed E-state index contributed by atoms with van der Waals surface area (Å²) >= 11 is 0. The number of carbonyl (C=O) groups excluding carboxylic acids is 1. The minimum Gasteiger partial charge on any atom is -0.420 e. The molecule has 4 heteroatoms. The molecule has 0 aromatic heterocycles. The average molecular weight is 181 g/mol. The van der Waals surface area contributed by atoms with Gasteiger partial charge in [-0.15, -0.1) is 0 Å². The van der Waals surface area contributed by atoms with Gasteiger partial charge in [0.05, 0.1) is 0 Å². The summed E-state index contributed by atoms with van der Waals surface area (Å²) in [6, 6.07) is 9.20. The Morgan fingerprint density at radius 2 is 2.08 bits per heavy atom. The fourth-order valence-corrected chi connectivity index (χ4v) is 0.991. The fraction of sp³-hybridized carbons (Fsp3) is 0.222. The van der Waals surface area contributed by atoms with Crippen molar-refractivity contribution in [3.05, 3.63) is 35.9 Å². The molecule has 1 atom stereocenters. The number of benzene rings is 1. The van der Waals surface area contributed by atoms with Gasteiger partial charge in [0.25, 0.3) is 0 Å². The highest BCUT2D eigenvalue weighted by molar-refractivity contribution is 5.64. The summed E-state index contributed by atoms with van der Waals surface area (Å²) in [5.74, 6) is 0. The Hall–Kier alpha value is -1.55. The molecule has 0 aliphatic rings. The highest BCUT2D eigenvalue weighted by Crippen LogP contribution is 2.03. The third-order valence-corrected chi connectivity index (χ3v) is 1.51. The zero-order valence-electron chi connectivity index (χ0n) is 7.01. The number of aliphatic hydroxyl groups is 1. The number of rotatable bonds is 3. The normalized spacial score (nSPS) is 12.1. The summed E-state index contributed by atoms with van der Waals surface area (Å²) in [6.45, 7) is 0. The Labute approximate surface area is 75.9 Å². The van der Waals surface area contributed by atoms with Crippen LogP contribution in [0, 0.1) is 0 Å². The molecule has 13 heavy (non-hydrogen) atoms. The minimum absolute atomic E-state index is 0.254. The molecule has 1 aromatic carbocycles. The van der Waals surface area contributed by atoms with Crippen LogP contribution in [-0.2, 0) is 11.2 Å². The molecule has 0 saturated heterocycles. The van der Waals surface area contributed by atoms with E-state index in [1.807, 2.05) is 30.3 Å². The molecule has 4 nitrogen and oxygen atoms in total. The lowest BCUT2D eigenvalue weighted by molar-refractivity contribution is -0.0469. The highest BCUT2D eigenvalue weighted by atomic mass is 16.6. The number of amides is 1. The van der Waals surface area contributed by atoms with Gasteiger partial charge in [-0.1, -0.05) is 30.3 Å². The topological polar surface area (TPSA) is 72.6 Å². The van der Waals surface area contributed by atoms with Crippen LogP contribution in [0.25, 0.3) is 0 Å². The van der Waals surface area contributed by atoms with Crippen LogP contribution in [0.4, 0.5) is 4.79 Å². The Morgan fingerprint density at radius 3 is 2.62 bits per heavy atom. The van der Waals surface area contributed by atoms with Gasteiger partial charge in [-0.05, 0) is 5.56 Å². The van der Waals surface area contributed by atoms with Gasteiger partial charge in [0.2, 0.25) is 6.29 Å². The molecule has 0 aliphatic carbocycles. The number of primary amides is 1. The van der Waals surface area contributed by atoms with Crippen molar-refractivity contribution in [1.29, 1.82) is 0 Å². The Balaban J connectivity index is 2.45. The van der Waals surface area contributed by atoms with Gasteiger partial charge in [0, 0.05) is 6.42 Å². The first-order valence-corrected chi connectivity index (χ1v) is 3.86. The van der Waals surface area contributed by atoms with Crippen molar-refractivity contribution in [2.24, 2.45) is 5.73 Å². The monoisotopic (exact) mass is 181 g/mol. The molecular weight excluding hydrogens is 170 g/mol. The number of carbonyl (C=O) groups is 1. The van der Waals surface area contributed by atoms with E-state index in [4.69, 9.17) is 10.8 Å². The lowest BCUT2D eigenvalue weighted by Crippen LogP contribution is -2.24. The van der Waals surface area contributed by atoms with E-state index in [2.05, 4.69) is 4.74 Å². The third-order valence-electron chi connectivity index (χ3n) is 1.51. The summed E-state index contributed by atoms with van der Waals surface area (Å²) in [4.78, 5) is 10.2. The van der Waals surface area contributed by atoms with Gasteiger partial charge in [-0.25, -0.2) is 4.79 Å². The van der Waals surface area contributed by atoms with Gasteiger partial charge in [-0.2, -0.15) is 0 Å². The van der Waals surface area contributed by atoms with E-state index in [1.54, 1.807) is 0 Å². The van der Waals surface area contributed by atoms with Crippen LogP contribution in [0.2, 0.25) is 0 Å². The minimum atomic E-state index is -1.17. The molecule has 3 N–H and O–H groups in total. The predicted octanol–water partition coefficient (Wildman–Crippen LogP) is 0.643. The van der Waals surface area contributed by atoms with Crippen LogP contribution in [0.15, 0.2) is 30.3 Å². The molecule has 0 spiro atoms. The van der Waals surface area contributed by atoms with Crippen molar-refractivity contribution >= 4 is 6.09 Å². The van der Waals surface area contributed by atoms with Crippen molar-refractivity contribution in [3.63, 3.8) is 0 Å². The van der Waals surface area contributed by atoms with Crippen molar-refractivity contribution in [2.75, 3.05) is 0 Å². The summed E-state index contributed by atoms with van der Waals surface area (Å²) in [6.07, 6.45) is -1.88. The third kappa shape index (κ3) is 3.57. The van der Waals surface area contributed by atoms with E-state index in [0.29, 0.717) is 0 Å². The lowest BCUT2D eigenvalue weighted by atomic mass is 10.1. The molecule has 70 valence electrons. The molecular formula is C9H11NO3. The first-order chi connectivity index (χ1) is 6.18. The van der Waals surface area contributed by atoms with Crippen LogP contribution < -0.4 is 5.73 Å². The maximum absolute atomic E-state index is 10.2. The molecule has 0 radical (unpaired) electrons. The predicted molar refractivity (Wildman–Crippen MR) is 46.8 cm³/mol. The van der Waals surface area contributed by atoms with E-state index >= 15 is 0 Å². The van der Waals surface area contributed by atoms with Crippen molar-refractivity contribution in [2.45, 2.75) is 12.7 Å². The summed E-state index contributed by atoms with van der Waals surface area (Å²) < 4.78 is 4.35. The van der Waals surface area contributed by atoms with Crippen LogP contribution in [-0.4, -0.2) is 17.5 Å². The SMILES string of the molecule is NC(=O)O[C@@H](O)Cc1ccccc1. The van der Waals surface area contributed by atoms with Crippen molar-refractivity contribution in [3.8, 4) is 0 Å². The Morgan fingerprint density at radius 1 is 1.46 bits per heavy atom. The second kappa shape index (κ2) is 4.47.